The second-order valence-corrected chi connectivity index (χ2v) is 5.65. The molecule has 0 aliphatic carbocycles. The van der Waals surface area contributed by atoms with E-state index in [1.807, 2.05) is 30.3 Å². The summed E-state index contributed by atoms with van der Waals surface area (Å²) < 4.78 is 4.95. The third-order valence-electron chi connectivity index (χ3n) is 3.54. The zero-order valence-electron chi connectivity index (χ0n) is 14.6. The lowest BCUT2D eigenvalue weighted by molar-refractivity contribution is -0.131. The van der Waals surface area contributed by atoms with Crippen molar-refractivity contribution in [2.75, 3.05) is 5.32 Å². The number of esters is 1. The minimum atomic E-state index is -0.406. The molecule has 0 heterocycles. The maximum atomic E-state index is 12.3. The summed E-state index contributed by atoms with van der Waals surface area (Å²) in [6.07, 6.45) is 0. The van der Waals surface area contributed by atoms with E-state index in [-0.39, 0.29) is 5.91 Å². The van der Waals surface area contributed by atoms with Gasteiger partial charge < -0.3 is 10.1 Å². The average Bonchev–Trinajstić information content (AvgIpc) is 2.68. The van der Waals surface area contributed by atoms with Gasteiger partial charge in [0.25, 0.3) is 5.91 Å². The van der Waals surface area contributed by atoms with Crippen molar-refractivity contribution in [3.8, 4) is 5.75 Å². The SMILES string of the molecule is CC(=O)Oc1ccc(C(=O)Nc2ccc(N=Nc3ccccc3)cc2)cc1. The predicted octanol–water partition coefficient (Wildman–Crippen LogP) is 5.28. The molecular formula is C21H17N3O3. The minimum absolute atomic E-state index is 0.261. The molecule has 6 heteroatoms. The number of hydrogen-bond donors (Lipinski definition) is 1. The van der Waals surface area contributed by atoms with E-state index in [1.165, 1.54) is 6.92 Å². The largest absolute Gasteiger partial charge is 0.427 e. The molecule has 0 unspecified atom stereocenters. The number of amides is 1. The third kappa shape index (κ3) is 5.34. The lowest BCUT2D eigenvalue weighted by atomic mass is 10.2. The van der Waals surface area contributed by atoms with Gasteiger partial charge in [0.15, 0.2) is 0 Å². The van der Waals surface area contributed by atoms with Crippen LogP contribution in [0.3, 0.4) is 0 Å². The third-order valence-corrected chi connectivity index (χ3v) is 3.54. The first-order chi connectivity index (χ1) is 13.1. The van der Waals surface area contributed by atoms with Crippen molar-refractivity contribution in [1.29, 1.82) is 0 Å². The summed E-state index contributed by atoms with van der Waals surface area (Å²) in [6.45, 7) is 1.32. The Morgan fingerprint density at radius 1 is 0.778 bits per heavy atom. The van der Waals surface area contributed by atoms with Gasteiger partial charge in [0.2, 0.25) is 0 Å². The molecule has 1 amide bonds. The average molecular weight is 359 g/mol. The zero-order valence-corrected chi connectivity index (χ0v) is 14.6. The van der Waals surface area contributed by atoms with Crippen molar-refractivity contribution < 1.29 is 14.3 Å². The fourth-order valence-electron chi connectivity index (χ4n) is 2.27. The molecule has 0 spiro atoms. The second kappa shape index (κ2) is 8.53. The van der Waals surface area contributed by atoms with E-state index in [2.05, 4.69) is 15.5 Å². The Kier molecular flexibility index (Phi) is 5.69. The predicted molar refractivity (Wildman–Crippen MR) is 103 cm³/mol. The lowest BCUT2D eigenvalue weighted by Crippen LogP contribution is -2.11. The van der Waals surface area contributed by atoms with E-state index in [0.717, 1.165) is 5.69 Å². The van der Waals surface area contributed by atoms with Crippen molar-refractivity contribution in [2.45, 2.75) is 6.92 Å². The van der Waals surface area contributed by atoms with Gasteiger partial charge in [-0.15, -0.1) is 0 Å². The maximum Gasteiger partial charge on any atom is 0.308 e. The van der Waals surface area contributed by atoms with Gasteiger partial charge in [-0.2, -0.15) is 10.2 Å². The first-order valence-corrected chi connectivity index (χ1v) is 8.27. The number of azo groups is 1. The first kappa shape index (κ1) is 18.0. The molecular weight excluding hydrogens is 342 g/mol. The van der Waals surface area contributed by atoms with Gasteiger partial charge in [-0.25, -0.2) is 0 Å². The molecule has 1 N–H and O–H groups in total. The molecule has 0 aromatic heterocycles. The number of carbonyl (C=O) groups is 2. The fourth-order valence-corrected chi connectivity index (χ4v) is 2.27. The number of benzene rings is 3. The summed E-state index contributed by atoms with van der Waals surface area (Å²) in [6, 6.07) is 22.8. The Morgan fingerprint density at radius 2 is 1.37 bits per heavy atom. The Hall–Kier alpha value is -3.80. The van der Waals surface area contributed by atoms with Crippen molar-refractivity contribution in [3.63, 3.8) is 0 Å². The topological polar surface area (TPSA) is 80.1 Å². The van der Waals surface area contributed by atoms with E-state index in [9.17, 15) is 9.59 Å². The Labute approximate surface area is 156 Å². The number of ether oxygens (including phenoxy) is 1. The van der Waals surface area contributed by atoms with Crippen LogP contribution in [0.2, 0.25) is 0 Å². The molecule has 3 aromatic carbocycles. The molecule has 3 aromatic rings. The van der Waals surface area contributed by atoms with Crippen LogP contribution in [0.1, 0.15) is 17.3 Å². The van der Waals surface area contributed by atoms with Crippen LogP contribution in [0.25, 0.3) is 0 Å². The van der Waals surface area contributed by atoms with Crippen LogP contribution in [0.5, 0.6) is 5.75 Å². The van der Waals surface area contributed by atoms with Gasteiger partial charge in [-0.3, -0.25) is 9.59 Å². The summed E-state index contributed by atoms with van der Waals surface area (Å²) in [4.78, 5) is 23.2. The molecule has 0 radical (unpaired) electrons. The zero-order chi connectivity index (χ0) is 19.1. The number of hydrogen-bond acceptors (Lipinski definition) is 5. The highest BCUT2D eigenvalue weighted by atomic mass is 16.5. The summed E-state index contributed by atoms with van der Waals surface area (Å²) in [5, 5.41) is 11.1. The molecule has 0 fully saturated rings. The molecule has 0 atom stereocenters. The van der Waals surface area contributed by atoms with Crippen molar-refractivity contribution in [2.24, 2.45) is 10.2 Å². The monoisotopic (exact) mass is 359 g/mol. The van der Waals surface area contributed by atoms with E-state index < -0.39 is 5.97 Å². The van der Waals surface area contributed by atoms with Crippen molar-refractivity contribution in [3.05, 3.63) is 84.4 Å². The van der Waals surface area contributed by atoms with Crippen molar-refractivity contribution >= 4 is 28.9 Å². The van der Waals surface area contributed by atoms with Gasteiger partial charge in [0.05, 0.1) is 11.4 Å². The van der Waals surface area contributed by atoms with E-state index in [4.69, 9.17) is 4.74 Å². The highest BCUT2D eigenvalue weighted by molar-refractivity contribution is 6.04. The summed E-state index contributed by atoms with van der Waals surface area (Å²) in [5.41, 5.74) is 2.55. The number of carbonyl (C=O) groups excluding carboxylic acids is 2. The number of nitrogens with one attached hydrogen (secondary N) is 1. The van der Waals surface area contributed by atoms with Gasteiger partial charge >= 0.3 is 5.97 Å². The normalized spacial score (nSPS) is 10.6. The van der Waals surface area contributed by atoms with E-state index >= 15 is 0 Å². The maximum absolute atomic E-state index is 12.3. The number of rotatable bonds is 5. The van der Waals surface area contributed by atoms with Crippen LogP contribution < -0.4 is 10.1 Å². The lowest BCUT2D eigenvalue weighted by Gasteiger charge is -2.06. The quantitative estimate of drug-likeness (QED) is 0.382. The molecule has 0 aliphatic rings. The van der Waals surface area contributed by atoms with Gasteiger partial charge in [0, 0.05) is 18.2 Å². The molecule has 0 saturated heterocycles. The molecule has 27 heavy (non-hydrogen) atoms. The molecule has 134 valence electrons. The second-order valence-electron chi connectivity index (χ2n) is 5.65. The molecule has 0 aliphatic heterocycles. The summed E-state index contributed by atoms with van der Waals surface area (Å²) in [7, 11) is 0. The molecule has 3 rings (SSSR count). The Morgan fingerprint density at radius 3 is 1.96 bits per heavy atom. The van der Waals surface area contributed by atoms with E-state index in [0.29, 0.717) is 22.7 Å². The molecule has 0 saturated carbocycles. The van der Waals surface area contributed by atoms with Crippen LogP contribution in [-0.4, -0.2) is 11.9 Å². The number of nitrogens with zero attached hydrogens (tertiary/aromatic N) is 2. The van der Waals surface area contributed by atoms with Gasteiger partial charge in [-0.05, 0) is 60.7 Å². The highest BCUT2D eigenvalue weighted by Gasteiger charge is 2.07. The Bertz CT molecular complexity index is 950. The fraction of sp³-hybridized carbons (Fsp3) is 0.0476. The van der Waals surface area contributed by atoms with Crippen LogP contribution in [0.4, 0.5) is 17.1 Å². The first-order valence-electron chi connectivity index (χ1n) is 8.27. The molecule has 0 bridgehead atoms. The van der Waals surface area contributed by atoms with Crippen LogP contribution >= 0.6 is 0 Å². The van der Waals surface area contributed by atoms with Crippen LogP contribution in [0, 0.1) is 0 Å². The summed E-state index contributed by atoms with van der Waals surface area (Å²) >= 11 is 0. The highest BCUT2D eigenvalue weighted by Crippen LogP contribution is 2.21. The smallest absolute Gasteiger partial charge is 0.308 e. The van der Waals surface area contributed by atoms with Crippen molar-refractivity contribution in [1.82, 2.24) is 0 Å². The Balaban J connectivity index is 1.61. The molecule has 6 nitrogen and oxygen atoms in total. The van der Waals surface area contributed by atoms with Gasteiger partial charge in [-0.1, -0.05) is 18.2 Å². The standard InChI is InChI=1S/C21H17N3O3/c1-15(25)27-20-13-7-16(8-14-20)21(26)22-17-9-11-19(12-10-17)24-23-18-5-3-2-4-6-18/h2-14H,1H3,(H,22,26). The van der Waals surface area contributed by atoms with Crippen LogP contribution in [0.15, 0.2) is 89.1 Å². The minimum Gasteiger partial charge on any atom is -0.427 e. The van der Waals surface area contributed by atoms with E-state index in [1.54, 1.807) is 48.5 Å². The summed E-state index contributed by atoms with van der Waals surface area (Å²) in [5.74, 6) is -0.271. The van der Waals surface area contributed by atoms with Crippen LogP contribution in [-0.2, 0) is 4.79 Å². The number of anilines is 1. The van der Waals surface area contributed by atoms with Gasteiger partial charge in [0.1, 0.15) is 5.75 Å².